The maximum absolute atomic E-state index is 13.8. The summed E-state index contributed by atoms with van der Waals surface area (Å²) >= 11 is 0. The predicted octanol–water partition coefficient (Wildman–Crippen LogP) is 3.71. The van der Waals surface area contributed by atoms with E-state index in [9.17, 15) is 4.79 Å². The zero-order chi connectivity index (χ0) is 19.1. The van der Waals surface area contributed by atoms with Crippen molar-refractivity contribution in [3.8, 4) is 11.6 Å². The Morgan fingerprint density at radius 3 is 2.68 bits per heavy atom. The van der Waals surface area contributed by atoms with Crippen LogP contribution in [0.4, 0.5) is 5.69 Å². The number of anilines is 1. The molecule has 3 aromatic rings. The Morgan fingerprint density at radius 2 is 1.86 bits per heavy atom. The molecule has 140 valence electrons. The molecule has 0 saturated heterocycles. The number of pyridine rings is 1. The molecule has 0 saturated carbocycles. The van der Waals surface area contributed by atoms with Crippen LogP contribution in [0.25, 0.3) is 0 Å². The lowest BCUT2D eigenvalue weighted by atomic mass is 9.72. The normalized spacial score (nSPS) is 19.9. The number of para-hydroxylation sites is 1. The summed E-state index contributed by atoms with van der Waals surface area (Å²) in [5, 5.41) is 0. The van der Waals surface area contributed by atoms with E-state index in [1.807, 2.05) is 59.5 Å². The molecule has 28 heavy (non-hydrogen) atoms. The van der Waals surface area contributed by atoms with Crippen LogP contribution in [-0.2, 0) is 16.8 Å². The van der Waals surface area contributed by atoms with Crippen molar-refractivity contribution in [3.63, 3.8) is 0 Å². The highest BCUT2D eigenvalue weighted by Crippen LogP contribution is 2.52. The first-order valence-corrected chi connectivity index (χ1v) is 9.37. The molecule has 5 heteroatoms. The lowest BCUT2D eigenvalue weighted by Gasteiger charge is -2.34. The molecule has 0 radical (unpaired) electrons. The van der Waals surface area contributed by atoms with Crippen LogP contribution in [0.15, 0.2) is 66.9 Å². The molecule has 1 unspecified atom stereocenters. The number of benzene rings is 2. The van der Waals surface area contributed by atoms with Gasteiger partial charge in [0.15, 0.2) is 0 Å². The van der Waals surface area contributed by atoms with Gasteiger partial charge in [0.1, 0.15) is 11.2 Å². The second-order valence-corrected chi connectivity index (χ2v) is 7.12. The fraction of sp³-hybridized carbons (Fsp3) is 0.217. The summed E-state index contributed by atoms with van der Waals surface area (Å²) in [7, 11) is 1.65. The van der Waals surface area contributed by atoms with E-state index >= 15 is 0 Å². The third kappa shape index (κ3) is 2.32. The zero-order valence-electron chi connectivity index (χ0n) is 15.6. The minimum Gasteiger partial charge on any atom is -0.497 e. The van der Waals surface area contributed by atoms with Gasteiger partial charge in [0.05, 0.1) is 20.3 Å². The van der Waals surface area contributed by atoms with Crippen LogP contribution in [0, 0.1) is 0 Å². The minimum atomic E-state index is -0.731. The molecule has 0 aliphatic carbocycles. The number of methoxy groups -OCH3 is 1. The zero-order valence-corrected chi connectivity index (χ0v) is 15.6. The lowest BCUT2D eigenvalue weighted by Crippen LogP contribution is -2.44. The van der Waals surface area contributed by atoms with Crippen molar-refractivity contribution in [1.29, 1.82) is 0 Å². The number of carbonyl (C=O) groups is 1. The molecule has 5 nitrogen and oxygen atoms in total. The van der Waals surface area contributed by atoms with E-state index in [4.69, 9.17) is 9.47 Å². The molecule has 0 bridgehead atoms. The second-order valence-electron chi connectivity index (χ2n) is 7.12. The van der Waals surface area contributed by atoms with Gasteiger partial charge in [-0.25, -0.2) is 4.98 Å². The molecule has 2 aromatic carbocycles. The second kappa shape index (κ2) is 6.37. The summed E-state index contributed by atoms with van der Waals surface area (Å²) in [6, 6.07) is 19.7. The van der Waals surface area contributed by atoms with Crippen molar-refractivity contribution in [3.05, 3.63) is 83.6 Å². The van der Waals surface area contributed by atoms with Crippen LogP contribution in [0.2, 0.25) is 0 Å². The largest absolute Gasteiger partial charge is 0.497 e. The fourth-order valence-electron chi connectivity index (χ4n) is 4.36. The molecule has 2 aliphatic rings. The quantitative estimate of drug-likeness (QED) is 0.703. The number of carbonyl (C=O) groups excluding carboxylic acids is 1. The summed E-state index contributed by atoms with van der Waals surface area (Å²) in [6.07, 6.45) is 2.32. The van der Waals surface area contributed by atoms with Crippen molar-refractivity contribution in [1.82, 2.24) is 4.98 Å². The van der Waals surface area contributed by atoms with Gasteiger partial charge in [0.25, 0.3) is 0 Å². The molecule has 2 aliphatic heterocycles. The average Bonchev–Trinajstić information content (AvgIpc) is 2.98. The van der Waals surface area contributed by atoms with Gasteiger partial charge >= 0.3 is 0 Å². The van der Waals surface area contributed by atoms with Gasteiger partial charge in [0.2, 0.25) is 11.8 Å². The lowest BCUT2D eigenvalue weighted by molar-refractivity contribution is -0.122. The smallest absolute Gasteiger partial charge is 0.242 e. The van der Waals surface area contributed by atoms with Gasteiger partial charge in [-0.15, -0.1) is 0 Å². The van der Waals surface area contributed by atoms with Crippen LogP contribution in [0.3, 0.4) is 0 Å². The van der Waals surface area contributed by atoms with Crippen molar-refractivity contribution in [2.75, 3.05) is 18.6 Å². The number of hydrogen-bond donors (Lipinski definition) is 0. The highest BCUT2D eigenvalue weighted by atomic mass is 16.5. The topological polar surface area (TPSA) is 51.7 Å². The summed E-state index contributed by atoms with van der Waals surface area (Å²) < 4.78 is 11.0. The SMILES string of the molecule is COc1ccc(CN2C(=O)C3(CCOc4ncccc43)c3ccccc32)cc1. The Labute approximate surface area is 163 Å². The molecule has 1 aromatic heterocycles. The fourth-order valence-corrected chi connectivity index (χ4v) is 4.36. The van der Waals surface area contributed by atoms with Gasteiger partial charge in [-0.3, -0.25) is 4.79 Å². The van der Waals surface area contributed by atoms with E-state index in [2.05, 4.69) is 11.1 Å². The first-order valence-electron chi connectivity index (χ1n) is 9.37. The maximum Gasteiger partial charge on any atom is 0.242 e. The van der Waals surface area contributed by atoms with E-state index in [1.54, 1.807) is 13.3 Å². The summed E-state index contributed by atoms with van der Waals surface area (Å²) in [5.74, 6) is 1.45. The average molecular weight is 372 g/mol. The standard InChI is InChI=1S/C23H20N2O3/c1-27-17-10-8-16(9-11-17)15-25-20-7-3-2-5-18(20)23(22(25)26)12-14-28-21-19(23)6-4-13-24-21/h2-11,13H,12,14-15H2,1H3. The summed E-state index contributed by atoms with van der Waals surface area (Å²) in [4.78, 5) is 20.1. The number of aromatic nitrogens is 1. The van der Waals surface area contributed by atoms with Gasteiger partial charge in [-0.1, -0.05) is 36.4 Å². The molecule has 1 amide bonds. The third-order valence-corrected chi connectivity index (χ3v) is 5.71. The van der Waals surface area contributed by atoms with Crippen molar-refractivity contribution < 1.29 is 14.3 Å². The number of rotatable bonds is 3. The first-order chi connectivity index (χ1) is 13.7. The monoisotopic (exact) mass is 372 g/mol. The van der Waals surface area contributed by atoms with Gasteiger partial charge in [-0.2, -0.15) is 0 Å². The van der Waals surface area contributed by atoms with Gasteiger partial charge in [-0.05, 0) is 35.4 Å². The number of ether oxygens (including phenoxy) is 2. The highest BCUT2D eigenvalue weighted by molar-refractivity contribution is 6.10. The number of fused-ring (bicyclic) bond motifs is 4. The van der Waals surface area contributed by atoms with Crippen LogP contribution in [0.5, 0.6) is 11.6 Å². The van der Waals surface area contributed by atoms with Crippen LogP contribution < -0.4 is 14.4 Å². The van der Waals surface area contributed by atoms with E-state index in [0.29, 0.717) is 25.5 Å². The number of amides is 1. The predicted molar refractivity (Wildman–Crippen MR) is 106 cm³/mol. The highest BCUT2D eigenvalue weighted by Gasteiger charge is 2.54. The molecule has 0 N–H and O–H groups in total. The summed E-state index contributed by atoms with van der Waals surface area (Å²) in [6.45, 7) is 0.985. The Hall–Kier alpha value is -3.34. The number of hydrogen-bond acceptors (Lipinski definition) is 4. The van der Waals surface area contributed by atoms with Gasteiger partial charge < -0.3 is 14.4 Å². The van der Waals surface area contributed by atoms with Crippen molar-refractivity contribution in [2.24, 2.45) is 0 Å². The van der Waals surface area contributed by atoms with Crippen LogP contribution in [0.1, 0.15) is 23.1 Å². The third-order valence-electron chi connectivity index (χ3n) is 5.71. The molecule has 1 atom stereocenters. The van der Waals surface area contributed by atoms with E-state index in [0.717, 1.165) is 28.1 Å². The first kappa shape index (κ1) is 16.8. The maximum atomic E-state index is 13.8. The molecule has 3 heterocycles. The van der Waals surface area contributed by atoms with Gasteiger partial charge in [0, 0.05) is 23.9 Å². The Bertz CT molecular complexity index is 1050. The molecular weight excluding hydrogens is 352 g/mol. The summed E-state index contributed by atoms with van der Waals surface area (Å²) in [5.41, 5.74) is 3.17. The van der Waals surface area contributed by atoms with E-state index in [-0.39, 0.29) is 5.91 Å². The van der Waals surface area contributed by atoms with Crippen LogP contribution >= 0.6 is 0 Å². The molecule has 5 rings (SSSR count). The Balaban J connectivity index is 1.62. The number of nitrogens with zero attached hydrogens (tertiary/aromatic N) is 2. The minimum absolute atomic E-state index is 0.0852. The Morgan fingerprint density at radius 1 is 1.07 bits per heavy atom. The molecule has 1 spiro atoms. The van der Waals surface area contributed by atoms with E-state index in [1.165, 1.54) is 0 Å². The Kier molecular flexibility index (Phi) is 3.83. The molecule has 0 fully saturated rings. The van der Waals surface area contributed by atoms with E-state index < -0.39 is 5.41 Å². The molecular formula is C23H20N2O3. The van der Waals surface area contributed by atoms with Crippen molar-refractivity contribution >= 4 is 11.6 Å². The van der Waals surface area contributed by atoms with Crippen molar-refractivity contribution in [2.45, 2.75) is 18.4 Å². The van der Waals surface area contributed by atoms with Crippen LogP contribution in [-0.4, -0.2) is 24.6 Å².